The Kier molecular flexibility index (Phi) is 4.51. The lowest BCUT2D eigenvalue weighted by Crippen LogP contribution is -2.33. The molecule has 1 saturated carbocycles. The highest BCUT2D eigenvalue weighted by Gasteiger charge is 2.33. The molecule has 6 heteroatoms. The van der Waals surface area contributed by atoms with Crippen LogP contribution in [-0.4, -0.2) is 26.2 Å². The summed E-state index contributed by atoms with van der Waals surface area (Å²) in [6.07, 6.45) is 8.48. The van der Waals surface area contributed by atoms with Crippen molar-refractivity contribution in [2.75, 3.05) is 6.54 Å². The van der Waals surface area contributed by atoms with Gasteiger partial charge < -0.3 is 4.52 Å². The van der Waals surface area contributed by atoms with Crippen molar-refractivity contribution in [1.82, 2.24) is 19.6 Å². The number of fused-ring (bicyclic) bond motifs is 1. The van der Waals surface area contributed by atoms with E-state index in [4.69, 9.17) is 9.51 Å². The van der Waals surface area contributed by atoms with E-state index in [0.29, 0.717) is 0 Å². The molecular formula is C22H26N4O2. The van der Waals surface area contributed by atoms with E-state index in [1.165, 1.54) is 12.8 Å². The Morgan fingerprint density at radius 3 is 2.75 bits per heavy atom. The van der Waals surface area contributed by atoms with Crippen molar-refractivity contribution in [3.63, 3.8) is 0 Å². The zero-order valence-corrected chi connectivity index (χ0v) is 16.3. The Labute approximate surface area is 164 Å². The number of aryl methyl sites for hydroxylation is 1. The number of hydrogen-bond donors (Lipinski definition) is 0. The maximum atomic E-state index is 13.5. The molecule has 0 spiro atoms. The van der Waals surface area contributed by atoms with Crippen LogP contribution >= 0.6 is 0 Å². The molecule has 3 aromatic rings. The van der Waals surface area contributed by atoms with Crippen LogP contribution in [0.1, 0.15) is 67.8 Å². The number of rotatable bonds is 4. The maximum Gasteiger partial charge on any atom is 0.261 e. The molecule has 28 heavy (non-hydrogen) atoms. The second-order valence-corrected chi connectivity index (χ2v) is 8.14. The summed E-state index contributed by atoms with van der Waals surface area (Å²) < 4.78 is 7.29. The standard InChI is InChI=1S/C22H26N4O2/c1-15-16(13-23-28-15)14-25-12-6-11-20(25)21-24-19-10-5-4-9-18(19)22(27)26(21)17-7-2-3-8-17/h4-5,9-10,13,17,20H,2-3,6-8,11-12,14H2,1H3. The molecule has 0 bridgehead atoms. The van der Waals surface area contributed by atoms with Crippen molar-refractivity contribution in [1.29, 1.82) is 0 Å². The van der Waals surface area contributed by atoms with Gasteiger partial charge in [-0.3, -0.25) is 14.3 Å². The molecule has 2 fully saturated rings. The van der Waals surface area contributed by atoms with Gasteiger partial charge in [0.2, 0.25) is 0 Å². The lowest BCUT2D eigenvalue weighted by molar-refractivity contribution is 0.227. The second-order valence-electron chi connectivity index (χ2n) is 8.14. The molecule has 1 aliphatic carbocycles. The topological polar surface area (TPSA) is 64.2 Å². The van der Waals surface area contributed by atoms with Gasteiger partial charge in [-0.15, -0.1) is 0 Å². The summed E-state index contributed by atoms with van der Waals surface area (Å²) in [4.78, 5) is 20.9. The minimum atomic E-state index is 0.125. The predicted octanol–water partition coefficient (Wildman–Crippen LogP) is 4.15. The highest BCUT2D eigenvalue weighted by atomic mass is 16.5. The van der Waals surface area contributed by atoms with Crippen LogP contribution in [-0.2, 0) is 6.54 Å². The molecule has 1 aliphatic heterocycles. The summed E-state index contributed by atoms with van der Waals surface area (Å²) in [6.45, 7) is 3.74. The summed E-state index contributed by atoms with van der Waals surface area (Å²) in [5, 5.41) is 4.66. The molecule has 0 radical (unpaired) electrons. The molecule has 1 atom stereocenters. The number of aromatic nitrogens is 3. The van der Waals surface area contributed by atoms with Gasteiger partial charge in [-0.2, -0.15) is 0 Å². The van der Waals surface area contributed by atoms with Gasteiger partial charge in [-0.05, 0) is 51.3 Å². The van der Waals surface area contributed by atoms with Crippen LogP contribution in [0.5, 0.6) is 0 Å². The van der Waals surface area contributed by atoms with Gasteiger partial charge in [-0.1, -0.05) is 30.1 Å². The number of likely N-dealkylation sites (tertiary alicyclic amines) is 1. The first-order valence-electron chi connectivity index (χ1n) is 10.4. The average molecular weight is 378 g/mol. The van der Waals surface area contributed by atoms with Crippen molar-refractivity contribution in [2.45, 2.75) is 64.1 Å². The van der Waals surface area contributed by atoms with Gasteiger partial charge in [-0.25, -0.2) is 4.98 Å². The molecule has 2 aromatic heterocycles. The Hall–Kier alpha value is -2.47. The Balaban J connectivity index is 1.61. The SMILES string of the molecule is Cc1oncc1CN1CCCC1c1nc2ccccc2c(=O)n1C1CCCC1. The van der Waals surface area contributed by atoms with Crippen LogP contribution in [0.25, 0.3) is 10.9 Å². The highest BCUT2D eigenvalue weighted by Crippen LogP contribution is 2.37. The zero-order chi connectivity index (χ0) is 19.1. The quantitative estimate of drug-likeness (QED) is 0.682. The first-order valence-corrected chi connectivity index (χ1v) is 10.4. The van der Waals surface area contributed by atoms with E-state index in [9.17, 15) is 4.79 Å². The third kappa shape index (κ3) is 2.96. The third-order valence-electron chi connectivity index (χ3n) is 6.41. The zero-order valence-electron chi connectivity index (χ0n) is 16.3. The van der Waals surface area contributed by atoms with Gasteiger partial charge in [0.1, 0.15) is 11.6 Å². The average Bonchev–Trinajstić information content (AvgIpc) is 3.45. The highest BCUT2D eigenvalue weighted by molar-refractivity contribution is 5.77. The van der Waals surface area contributed by atoms with E-state index in [2.05, 4.69) is 10.1 Å². The Morgan fingerprint density at radius 2 is 1.96 bits per heavy atom. The first-order chi connectivity index (χ1) is 13.7. The number of benzene rings is 1. The molecular weight excluding hydrogens is 352 g/mol. The fraction of sp³-hybridized carbons (Fsp3) is 0.500. The van der Waals surface area contributed by atoms with Crippen LogP contribution in [0.4, 0.5) is 0 Å². The summed E-state index contributed by atoms with van der Waals surface area (Å²) in [5.74, 6) is 1.81. The van der Waals surface area contributed by atoms with Gasteiger partial charge in [0.05, 0.1) is 23.1 Å². The molecule has 1 aromatic carbocycles. The van der Waals surface area contributed by atoms with Crippen molar-refractivity contribution in [2.24, 2.45) is 0 Å². The van der Waals surface area contributed by atoms with Crippen LogP contribution in [0.3, 0.4) is 0 Å². The molecule has 0 N–H and O–H groups in total. The van der Waals surface area contributed by atoms with Crippen molar-refractivity contribution >= 4 is 10.9 Å². The summed E-state index contributed by atoms with van der Waals surface area (Å²) in [6, 6.07) is 8.20. The van der Waals surface area contributed by atoms with Crippen LogP contribution in [0.15, 0.2) is 39.8 Å². The molecule has 3 heterocycles. The minimum absolute atomic E-state index is 0.125. The predicted molar refractivity (Wildman–Crippen MR) is 107 cm³/mol. The smallest absolute Gasteiger partial charge is 0.261 e. The van der Waals surface area contributed by atoms with Crippen molar-refractivity contribution in [3.8, 4) is 0 Å². The largest absolute Gasteiger partial charge is 0.361 e. The molecule has 0 amide bonds. The lowest BCUT2D eigenvalue weighted by atomic mass is 10.1. The number of hydrogen-bond acceptors (Lipinski definition) is 5. The van der Waals surface area contributed by atoms with Crippen molar-refractivity contribution < 1.29 is 4.52 Å². The molecule has 2 aliphatic rings. The van der Waals surface area contributed by atoms with Crippen molar-refractivity contribution in [3.05, 3.63) is 58.0 Å². The monoisotopic (exact) mass is 378 g/mol. The molecule has 146 valence electrons. The van der Waals surface area contributed by atoms with Crippen LogP contribution in [0.2, 0.25) is 0 Å². The fourth-order valence-corrected chi connectivity index (χ4v) is 4.91. The van der Waals surface area contributed by atoms with Gasteiger partial charge >= 0.3 is 0 Å². The number of para-hydroxylation sites is 1. The van der Waals surface area contributed by atoms with E-state index in [-0.39, 0.29) is 17.6 Å². The van der Waals surface area contributed by atoms with E-state index in [0.717, 1.165) is 66.8 Å². The molecule has 1 unspecified atom stereocenters. The Bertz CT molecular complexity index is 1050. The molecule has 5 rings (SSSR count). The van der Waals surface area contributed by atoms with Crippen LogP contribution < -0.4 is 5.56 Å². The third-order valence-corrected chi connectivity index (χ3v) is 6.41. The summed E-state index contributed by atoms with van der Waals surface area (Å²) in [5.41, 5.74) is 2.05. The van der Waals surface area contributed by atoms with E-state index in [1.807, 2.05) is 42.0 Å². The second kappa shape index (κ2) is 7.17. The van der Waals surface area contributed by atoms with E-state index >= 15 is 0 Å². The van der Waals surface area contributed by atoms with Crippen LogP contribution in [0, 0.1) is 6.92 Å². The normalized spacial score (nSPS) is 21.1. The Morgan fingerprint density at radius 1 is 1.14 bits per heavy atom. The summed E-state index contributed by atoms with van der Waals surface area (Å²) in [7, 11) is 0. The molecule has 6 nitrogen and oxygen atoms in total. The minimum Gasteiger partial charge on any atom is -0.361 e. The fourth-order valence-electron chi connectivity index (χ4n) is 4.91. The number of nitrogens with zero attached hydrogens (tertiary/aromatic N) is 4. The molecule has 1 saturated heterocycles. The maximum absolute atomic E-state index is 13.5. The first kappa shape index (κ1) is 17.6. The van der Waals surface area contributed by atoms with Gasteiger partial charge in [0.15, 0.2) is 0 Å². The summed E-state index contributed by atoms with van der Waals surface area (Å²) >= 11 is 0. The van der Waals surface area contributed by atoms with E-state index in [1.54, 1.807) is 0 Å². The van der Waals surface area contributed by atoms with E-state index < -0.39 is 0 Å². The van der Waals surface area contributed by atoms with Gasteiger partial charge in [0, 0.05) is 18.2 Å². The van der Waals surface area contributed by atoms with Gasteiger partial charge in [0.25, 0.3) is 5.56 Å². The lowest BCUT2D eigenvalue weighted by Gasteiger charge is -2.28.